The Morgan fingerprint density at radius 3 is 2.20 bits per heavy atom. The predicted octanol–water partition coefficient (Wildman–Crippen LogP) is 2.00. The Morgan fingerprint density at radius 1 is 1.40 bits per heavy atom. The minimum atomic E-state index is -1.11. The maximum atomic E-state index is 4.37. The highest BCUT2D eigenvalue weighted by molar-refractivity contribution is 7.25. The molecule has 0 N–H and O–H groups in total. The van der Waals surface area contributed by atoms with Crippen molar-refractivity contribution < 1.29 is 0 Å². The Hall–Kier alpha value is -0.153. The maximum absolute atomic E-state index is 4.37. The van der Waals surface area contributed by atoms with E-state index in [4.69, 9.17) is 0 Å². The van der Waals surface area contributed by atoms with Gasteiger partial charge in [-0.1, -0.05) is 19.6 Å². The molecule has 0 saturated carbocycles. The van der Waals surface area contributed by atoms with Crippen LogP contribution in [0.3, 0.4) is 0 Å². The van der Waals surface area contributed by atoms with Crippen molar-refractivity contribution in [1.29, 1.82) is 0 Å². The van der Waals surface area contributed by atoms with Gasteiger partial charge < -0.3 is 0 Å². The largest absolute Gasteiger partial charge is 0.255 e. The van der Waals surface area contributed by atoms with Crippen molar-refractivity contribution in [2.24, 2.45) is 0 Å². The van der Waals surface area contributed by atoms with E-state index in [1.54, 1.807) is 0 Å². The number of hydrogen-bond donors (Lipinski definition) is 0. The van der Waals surface area contributed by atoms with Gasteiger partial charge in [-0.25, -0.2) is 0 Å². The quantitative estimate of drug-likeness (QED) is 0.589. The first-order valence-corrected chi connectivity index (χ1v) is 7.75. The summed E-state index contributed by atoms with van der Waals surface area (Å²) in [5, 5.41) is 0. The van der Waals surface area contributed by atoms with Gasteiger partial charge in [-0.3, -0.25) is 4.98 Å². The predicted molar refractivity (Wildman–Crippen MR) is 49.8 cm³/mol. The molecule has 0 fully saturated rings. The lowest BCUT2D eigenvalue weighted by molar-refractivity contribution is 1.41. The molecule has 10 heavy (non-hydrogen) atoms. The van der Waals surface area contributed by atoms with Crippen LogP contribution in [-0.4, -0.2) is 13.1 Å². The van der Waals surface area contributed by atoms with Crippen molar-refractivity contribution >= 4 is 24.0 Å². The van der Waals surface area contributed by atoms with Gasteiger partial charge in [-0.2, -0.15) is 0 Å². The van der Waals surface area contributed by atoms with Gasteiger partial charge in [0.1, 0.15) is 8.07 Å². The number of aromatic nitrogens is 1. The van der Waals surface area contributed by atoms with Gasteiger partial charge in [0.25, 0.3) is 0 Å². The van der Waals surface area contributed by atoms with Crippen LogP contribution >= 0.6 is 11.3 Å². The molecule has 1 aromatic rings. The summed E-state index contributed by atoms with van der Waals surface area (Å²) in [4.78, 5) is 5.70. The summed E-state index contributed by atoms with van der Waals surface area (Å²) in [6, 6.07) is 0. The summed E-state index contributed by atoms with van der Waals surface area (Å²) in [6.45, 7) is 9.09. The second-order valence-corrected chi connectivity index (χ2v) is 10.1. The van der Waals surface area contributed by atoms with Gasteiger partial charge in [-0.05, 0) is 6.92 Å². The fourth-order valence-corrected chi connectivity index (χ4v) is 3.38. The van der Waals surface area contributed by atoms with Gasteiger partial charge in [0, 0.05) is 11.1 Å². The molecule has 3 heteroatoms. The molecular formula is C7H13NSSi. The highest BCUT2D eigenvalue weighted by atomic mass is 32.1. The highest BCUT2D eigenvalue weighted by Crippen LogP contribution is 2.08. The standard InChI is InChI=1S/C7H13NSSi/c1-6-5-8-7(9-6)10(2,3)4/h5H,1-4H3. The summed E-state index contributed by atoms with van der Waals surface area (Å²) in [5.41, 5.74) is 0. The lowest BCUT2D eigenvalue weighted by Gasteiger charge is -2.09. The van der Waals surface area contributed by atoms with E-state index in [9.17, 15) is 0 Å². The topological polar surface area (TPSA) is 12.9 Å². The number of hydrogen-bond acceptors (Lipinski definition) is 2. The minimum Gasteiger partial charge on any atom is -0.255 e. The van der Waals surface area contributed by atoms with E-state index >= 15 is 0 Å². The number of thiazole rings is 1. The number of nitrogens with zero attached hydrogens (tertiary/aromatic N) is 1. The molecule has 0 aliphatic rings. The normalized spacial score (nSPS) is 12.0. The third-order valence-electron chi connectivity index (χ3n) is 1.26. The zero-order chi connectivity index (χ0) is 7.78. The Bertz CT molecular complexity index is 224. The van der Waals surface area contributed by atoms with Crippen LogP contribution in [-0.2, 0) is 0 Å². The van der Waals surface area contributed by atoms with Gasteiger partial charge in [0.05, 0.1) is 4.63 Å². The van der Waals surface area contributed by atoms with Crippen molar-refractivity contribution in [3.05, 3.63) is 11.1 Å². The number of rotatable bonds is 1. The monoisotopic (exact) mass is 171 g/mol. The molecule has 0 aliphatic carbocycles. The molecule has 1 heterocycles. The zero-order valence-electron chi connectivity index (χ0n) is 6.93. The molecule has 1 rings (SSSR count). The molecule has 0 amide bonds. The van der Waals surface area contributed by atoms with Crippen molar-refractivity contribution in [3.8, 4) is 0 Å². The average molecular weight is 171 g/mol. The third-order valence-corrected chi connectivity index (χ3v) is 5.54. The van der Waals surface area contributed by atoms with Crippen molar-refractivity contribution in [3.63, 3.8) is 0 Å². The molecule has 56 valence electrons. The molecule has 0 atom stereocenters. The molecule has 0 aliphatic heterocycles. The SMILES string of the molecule is Cc1cnc([Si](C)(C)C)s1. The first-order chi connectivity index (χ1) is 4.50. The Kier molecular flexibility index (Phi) is 1.96. The Morgan fingerprint density at radius 2 is 2.00 bits per heavy atom. The Labute approximate surface area is 67.1 Å². The molecule has 0 aromatic carbocycles. The van der Waals surface area contributed by atoms with E-state index in [1.165, 1.54) is 9.51 Å². The molecule has 0 spiro atoms. The van der Waals surface area contributed by atoms with Gasteiger partial charge >= 0.3 is 0 Å². The fraction of sp³-hybridized carbons (Fsp3) is 0.571. The number of aryl methyl sites for hydroxylation is 1. The smallest absolute Gasteiger partial charge is 0.114 e. The Balaban J connectivity index is 2.96. The van der Waals surface area contributed by atoms with E-state index < -0.39 is 8.07 Å². The van der Waals surface area contributed by atoms with E-state index in [-0.39, 0.29) is 0 Å². The molecule has 0 radical (unpaired) electrons. The first kappa shape index (κ1) is 7.95. The van der Waals surface area contributed by atoms with Crippen LogP contribution in [0, 0.1) is 6.92 Å². The molecular weight excluding hydrogens is 158 g/mol. The summed E-state index contributed by atoms with van der Waals surface area (Å²) >= 11 is 1.85. The van der Waals surface area contributed by atoms with Crippen LogP contribution in [0.25, 0.3) is 0 Å². The van der Waals surface area contributed by atoms with Crippen LogP contribution in [0.1, 0.15) is 4.88 Å². The van der Waals surface area contributed by atoms with E-state index in [0.717, 1.165) is 0 Å². The summed E-state index contributed by atoms with van der Waals surface area (Å²) in [5.74, 6) is 0. The zero-order valence-corrected chi connectivity index (χ0v) is 8.75. The van der Waals surface area contributed by atoms with Gasteiger partial charge in [0.2, 0.25) is 0 Å². The average Bonchev–Trinajstić information content (AvgIpc) is 2.11. The van der Waals surface area contributed by atoms with Gasteiger partial charge in [-0.15, -0.1) is 11.3 Å². The second-order valence-electron chi connectivity index (χ2n) is 3.53. The second kappa shape index (κ2) is 2.47. The lowest BCUT2D eigenvalue weighted by atomic mass is 10.7. The molecule has 1 aromatic heterocycles. The van der Waals surface area contributed by atoms with Crippen LogP contribution in [0.5, 0.6) is 0 Å². The van der Waals surface area contributed by atoms with E-state index in [2.05, 4.69) is 31.5 Å². The molecule has 1 nitrogen and oxygen atoms in total. The van der Waals surface area contributed by atoms with E-state index in [0.29, 0.717) is 0 Å². The summed E-state index contributed by atoms with van der Waals surface area (Å²) in [6.07, 6.45) is 1.97. The van der Waals surface area contributed by atoms with Crippen molar-refractivity contribution in [1.82, 2.24) is 4.98 Å². The molecule has 0 unspecified atom stereocenters. The van der Waals surface area contributed by atoms with Crippen molar-refractivity contribution in [2.45, 2.75) is 26.6 Å². The fourth-order valence-electron chi connectivity index (χ4n) is 0.701. The van der Waals surface area contributed by atoms with Crippen LogP contribution < -0.4 is 4.63 Å². The molecule has 0 bridgehead atoms. The summed E-state index contributed by atoms with van der Waals surface area (Å²) < 4.78 is 1.37. The third kappa shape index (κ3) is 1.67. The van der Waals surface area contributed by atoms with E-state index in [1.807, 2.05) is 17.5 Å². The first-order valence-electron chi connectivity index (χ1n) is 3.43. The molecule has 0 saturated heterocycles. The summed E-state index contributed by atoms with van der Waals surface area (Å²) in [7, 11) is -1.11. The maximum Gasteiger partial charge on any atom is 0.114 e. The van der Waals surface area contributed by atoms with Crippen molar-refractivity contribution in [2.75, 3.05) is 0 Å². The van der Waals surface area contributed by atoms with Crippen LogP contribution in [0.15, 0.2) is 6.20 Å². The van der Waals surface area contributed by atoms with Crippen LogP contribution in [0.4, 0.5) is 0 Å². The highest BCUT2D eigenvalue weighted by Gasteiger charge is 2.19. The lowest BCUT2D eigenvalue weighted by Crippen LogP contribution is -2.36. The minimum absolute atomic E-state index is 1.11. The van der Waals surface area contributed by atoms with Gasteiger partial charge in [0.15, 0.2) is 0 Å². The van der Waals surface area contributed by atoms with Crippen LogP contribution in [0.2, 0.25) is 19.6 Å².